The molecule has 0 saturated carbocycles. The van der Waals surface area contributed by atoms with Crippen molar-refractivity contribution < 1.29 is 17.9 Å². The SMILES string of the molecule is [BH3-]c1cc(F)c(OC)c(F)c1F. The third-order valence-corrected chi connectivity index (χ3v) is 1.14. The van der Waals surface area contributed by atoms with Crippen molar-refractivity contribution in [1.82, 2.24) is 0 Å². The number of hydrogen-bond acceptors (Lipinski definition) is 1. The summed E-state index contributed by atoms with van der Waals surface area (Å²) in [6, 6.07) is 0.997. The lowest BCUT2D eigenvalue weighted by Gasteiger charge is -2.08. The lowest BCUT2D eigenvalue weighted by atomic mass is 9.95. The first-order valence-corrected chi connectivity index (χ1v) is 2.76. The zero-order chi connectivity index (χ0) is 9.30. The van der Waals surface area contributed by atoms with Crippen molar-refractivity contribution in [1.29, 1.82) is 0 Å². The summed E-state index contributed by atoms with van der Waals surface area (Å²) < 4.78 is 42.8. The summed E-state index contributed by atoms with van der Waals surface area (Å²) in [5.74, 6) is -3.66. The molecule has 0 aliphatic rings. The summed E-state index contributed by atoms with van der Waals surface area (Å²) in [4.78, 5) is 0. The number of methoxy groups -OCH3 is 1. The maximum atomic E-state index is 12.8. The van der Waals surface area contributed by atoms with Gasteiger partial charge in [0.2, 0.25) is 0 Å². The average molecular weight is 175 g/mol. The maximum absolute atomic E-state index is 12.8. The monoisotopic (exact) mass is 175 g/mol. The molecule has 1 aromatic rings. The van der Waals surface area contributed by atoms with E-state index in [1.54, 1.807) is 0 Å². The van der Waals surface area contributed by atoms with E-state index in [2.05, 4.69) is 4.74 Å². The molecule has 1 nitrogen and oxygen atoms in total. The van der Waals surface area contributed by atoms with Crippen LogP contribution < -0.4 is 10.2 Å². The van der Waals surface area contributed by atoms with Crippen LogP contribution in [0.1, 0.15) is 0 Å². The first-order chi connectivity index (χ1) is 5.57. The Morgan fingerprint density at radius 3 is 2.33 bits per heavy atom. The Labute approximate surface area is 68.6 Å². The van der Waals surface area contributed by atoms with E-state index in [1.807, 2.05) is 0 Å². The van der Waals surface area contributed by atoms with Crippen molar-refractivity contribution in [3.8, 4) is 5.75 Å². The second-order valence-electron chi connectivity index (χ2n) is 1.80. The fraction of sp³-hybridized carbons (Fsp3) is 0.143. The molecule has 66 valence electrons. The van der Waals surface area contributed by atoms with Crippen LogP contribution in [-0.4, -0.2) is 15.0 Å². The van der Waals surface area contributed by atoms with Gasteiger partial charge < -0.3 is 4.74 Å². The highest BCUT2D eigenvalue weighted by Crippen LogP contribution is 2.21. The number of ether oxygens (including phenoxy) is 1. The fourth-order valence-corrected chi connectivity index (χ4v) is 0.647. The standard InChI is InChI=1S/C7H7BF3O/c1-12-7-4(9)2-3(8)5(10)6(7)11/h2H,1,8H3/q-1. The summed E-state index contributed by atoms with van der Waals surface area (Å²) in [5.41, 5.74) is 0.172. The molecule has 5 heteroatoms. The summed E-state index contributed by atoms with van der Waals surface area (Å²) in [6.45, 7) is 0. The Kier molecular flexibility index (Phi) is 2.31. The number of benzene rings is 1. The molecule has 0 spiro atoms. The minimum atomic E-state index is -1.22. The quantitative estimate of drug-likeness (QED) is 0.434. The summed E-state index contributed by atoms with van der Waals surface area (Å²) in [5, 5.41) is 0. The zero-order valence-electron chi connectivity index (χ0n) is 5.62. The van der Waals surface area contributed by atoms with E-state index < -0.39 is 31.0 Å². The summed E-state index contributed by atoms with van der Waals surface area (Å²) in [7, 11) is 0.551. The van der Waals surface area contributed by atoms with Gasteiger partial charge in [-0.15, -0.1) is 0 Å². The van der Waals surface area contributed by atoms with Crippen LogP contribution in [0, 0.1) is 17.5 Å². The average Bonchev–Trinajstić information content (AvgIpc) is 2.01. The number of halogens is 3. The largest absolute Gasteiger partial charge is 0.491 e. The first-order valence-electron chi connectivity index (χ1n) is 2.76. The van der Waals surface area contributed by atoms with Gasteiger partial charge >= 0.3 is 0 Å². The minimum Gasteiger partial charge on any atom is -0.491 e. The van der Waals surface area contributed by atoms with Crippen LogP contribution >= 0.6 is 0 Å². The highest BCUT2D eigenvalue weighted by molar-refractivity contribution is 6.32. The van der Waals surface area contributed by atoms with E-state index in [9.17, 15) is 13.2 Å². The molecular weight excluding hydrogens is 168 g/mol. The molecule has 1 aromatic carbocycles. The van der Waals surface area contributed by atoms with Crippen LogP contribution in [0.25, 0.3) is 0 Å². The van der Waals surface area contributed by atoms with E-state index in [4.69, 9.17) is 0 Å². The van der Waals surface area contributed by atoms with Crippen molar-refractivity contribution in [3.63, 3.8) is 0 Å². The minimum absolute atomic E-state index is 0.172. The van der Waals surface area contributed by atoms with Gasteiger partial charge in [-0.25, -0.2) is 8.78 Å². The first kappa shape index (κ1) is 8.97. The van der Waals surface area contributed by atoms with Crippen molar-refractivity contribution in [2.24, 2.45) is 0 Å². The van der Waals surface area contributed by atoms with Gasteiger partial charge in [-0.05, 0) is 7.85 Å². The van der Waals surface area contributed by atoms with Crippen molar-refractivity contribution in [3.05, 3.63) is 23.5 Å². The van der Waals surface area contributed by atoms with E-state index in [0.717, 1.165) is 13.2 Å². The molecular formula is C7H7BF3O-. The zero-order valence-corrected chi connectivity index (χ0v) is 5.62. The molecule has 0 fully saturated rings. The van der Waals surface area contributed by atoms with Crippen LogP contribution in [-0.2, 0) is 0 Å². The highest BCUT2D eigenvalue weighted by Gasteiger charge is 2.14. The molecule has 0 aromatic heterocycles. The molecule has 0 bridgehead atoms. The summed E-state index contributed by atoms with van der Waals surface area (Å²) >= 11 is 0. The van der Waals surface area contributed by atoms with Crippen LogP contribution in [0.15, 0.2) is 6.07 Å². The second-order valence-corrected chi connectivity index (χ2v) is 1.80. The number of rotatable bonds is 1. The fourth-order valence-electron chi connectivity index (χ4n) is 0.647. The molecule has 12 heavy (non-hydrogen) atoms. The Morgan fingerprint density at radius 1 is 1.25 bits per heavy atom. The van der Waals surface area contributed by atoms with Crippen LogP contribution in [0.4, 0.5) is 13.2 Å². The Balaban J connectivity index is 3.40. The van der Waals surface area contributed by atoms with E-state index in [-0.39, 0.29) is 5.46 Å². The molecule has 1 rings (SSSR count). The van der Waals surface area contributed by atoms with Gasteiger partial charge in [-0.2, -0.15) is 9.85 Å². The lowest BCUT2D eigenvalue weighted by molar-refractivity contribution is 0.348. The van der Waals surface area contributed by atoms with Gasteiger partial charge in [0.05, 0.1) is 7.11 Å². The van der Waals surface area contributed by atoms with Gasteiger partial charge in [0.25, 0.3) is 0 Å². The van der Waals surface area contributed by atoms with Gasteiger partial charge in [0.1, 0.15) is 5.82 Å². The molecule has 0 unspecified atom stereocenters. The normalized spacial score (nSPS) is 10.1. The van der Waals surface area contributed by atoms with Crippen molar-refractivity contribution in [2.45, 2.75) is 0 Å². The number of hydrogen-bond donors (Lipinski definition) is 0. The smallest absolute Gasteiger partial charge is 0.200 e. The van der Waals surface area contributed by atoms with E-state index in [0.29, 0.717) is 0 Å². The summed E-state index contributed by atoms with van der Waals surface area (Å²) in [6.07, 6.45) is 0. The van der Waals surface area contributed by atoms with E-state index >= 15 is 0 Å². The Hall–Kier alpha value is -1.13. The van der Waals surface area contributed by atoms with Crippen LogP contribution in [0.2, 0.25) is 0 Å². The Bertz CT molecular complexity index is 314. The van der Waals surface area contributed by atoms with Gasteiger partial charge in [-0.1, -0.05) is 6.07 Å². The highest BCUT2D eigenvalue weighted by atomic mass is 19.2. The predicted octanol–water partition coefficient (Wildman–Crippen LogP) is 0.103. The van der Waals surface area contributed by atoms with Gasteiger partial charge in [0.15, 0.2) is 17.4 Å². The van der Waals surface area contributed by atoms with Crippen LogP contribution in [0.3, 0.4) is 0 Å². The topological polar surface area (TPSA) is 9.23 Å². The molecule has 0 atom stereocenters. The van der Waals surface area contributed by atoms with E-state index in [1.165, 1.54) is 0 Å². The molecule has 0 amide bonds. The predicted molar refractivity (Wildman–Crippen MR) is 42.4 cm³/mol. The third kappa shape index (κ3) is 1.26. The molecule has 0 radical (unpaired) electrons. The van der Waals surface area contributed by atoms with Gasteiger partial charge in [-0.3, -0.25) is 0 Å². The molecule has 0 aliphatic heterocycles. The van der Waals surface area contributed by atoms with Gasteiger partial charge in [0, 0.05) is 0 Å². The molecule has 0 N–H and O–H groups in total. The second kappa shape index (κ2) is 3.09. The molecule has 0 saturated heterocycles. The van der Waals surface area contributed by atoms with Crippen LogP contribution in [0.5, 0.6) is 5.75 Å². The lowest BCUT2D eigenvalue weighted by Crippen LogP contribution is -2.13. The van der Waals surface area contributed by atoms with Crippen molar-refractivity contribution >= 4 is 13.3 Å². The molecule has 0 aliphatic carbocycles. The maximum Gasteiger partial charge on any atom is 0.200 e. The Morgan fingerprint density at radius 2 is 1.83 bits per heavy atom. The third-order valence-electron chi connectivity index (χ3n) is 1.14. The molecule has 0 heterocycles. The van der Waals surface area contributed by atoms with Crippen molar-refractivity contribution in [2.75, 3.05) is 7.11 Å².